The van der Waals surface area contributed by atoms with Gasteiger partial charge in [0, 0.05) is 5.69 Å². The summed E-state index contributed by atoms with van der Waals surface area (Å²) < 4.78 is 1.35. The molecular weight excluding hydrogens is 366 g/mol. The van der Waals surface area contributed by atoms with E-state index in [2.05, 4.69) is 34.5 Å². The fourth-order valence-electron chi connectivity index (χ4n) is 2.57. The van der Waals surface area contributed by atoms with Gasteiger partial charge >= 0.3 is 5.97 Å². The van der Waals surface area contributed by atoms with Crippen molar-refractivity contribution in [3.8, 4) is 5.69 Å². The highest BCUT2D eigenvalue weighted by Crippen LogP contribution is 2.23. The lowest BCUT2D eigenvalue weighted by molar-refractivity contribution is 0.0690. The van der Waals surface area contributed by atoms with Gasteiger partial charge in [-0.05, 0) is 37.5 Å². The summed E-state index contributed by atoms with van der Waals surface area (Å²) in [5.41, 5.74) is 1.83. The standard InChI is InChI=1S/C18H19N5O3S/c1-10(2)7-14-16(27-11(3)19-14)17(24)20-12-5-4-6-13(8-12)23-9-15(18(25)26)21-22-23/h4-6,8-10H,7H2,1-3H3,(H,20,24)(H,25,26). The van der Waals surface area contributed by atoms with Crippen molar-refractivity contribution in [1.29, 1.82) is 0 Å². The van der Waals surface area contributed by atoms with Gasteiger partial charge in [0.25, 0.3) is 5.91 Å². The molecule has 0 atom stereocenters. The SMILES string of the molecule is Cc1nc(CC(C)C)c(C(=O)Nc2cccc(-n3cc(C(=O)O)nn3)c2)s1. The zero-order valence-corrected chi connectivity index (χ0v) is 15.9. The Morgan fingerprint density at radius 2 is 2.11 bits per heavy atom. The van der Waals surface area contributed by atoms with Crippen LogP contribution in [0.2, 0.25) is 0 Å². The Labute approximate surface area is 159 Å². The average molecular weight is 385 g/mol. The molecule has 27 heavy (non-hydrogen) atoms. The number of anilines is 1. The van der Waals surface area contributed by atoms with Crippen molar-refractivity contribution in [3.05, 3.63) is 51.7 Å². The molecule has 0 radical (unpaired) electrons. The van der Waals surface area contributed by atoms with Crippen molar-refractivity contribution >= 4 is 28.9 Å². The number of benzene rings is 1. The highest BCUT2D eigenvalue weighted by atomic mass is 32.1. The van der Waals surface area contributed by atoms with Crippen molar-refractivity contribution < 1.29 is 14.7 Å². The van der Waals surface area contributed by atoms with Gasteiger partial charge in [0.2, 0.25) is 0 Å². The zero-order valence-electron chi connectivity index (χ0n) is 15.1. The summed E-state index contributed by atoms with van der Waals surface area (Å²) in [4.78, 5) is 28.8. The number of nitrogens with zero attached hydrogens (tertiary/aromatic N) is 4. The van der Waals surface area contributed by atoms with Gasteiger partial charge in [-0.1, -0.05) is 25.1 Å². The molecule has 3 aromatic rings. The van der Waals surface area contributed by atoms with Crippen molar-refractivity contribution in [2.75, 3.05) is 5.32 Å². The number of thiazole rings is 1. The number of aromatic nitrogens is 4. The number of carbonyl (C=O) groups excluding carboxylic acids is 1. The maximum atomic E-state index is 12.7. The molecule has 0 spiro atoms. The quantitative estimate of drug-likeness (QED) is 0.674. The number of hydrogen-bond donors (Lipinski definition) is 2. The summed E-state index contributed by atoms with van der Waals surface area (Å²) in [6, 6.07) is 6.96. The molecule has 0 aliphatic heterocycles. The number of aryl methyl sites for hydroxylation is 1. The second-order valence-corrected chi connectivity index (χ2v) is 7.67. The largest absolute Gasteiger partial charge is 0.476 e. The van der Waals surface area contributed by atoms with Gasteiger partial charge < -0.3 is 10.4 Å². The molecule has 2 aromatic heterocycles. The van der Waals surface area contributed by atoms with Crippen molar-refractivity contribution in [3.63, 3.8) is 0 Å². The van der Waals surface area contributed by atoms with Gasteiger partial charge in [-0.2, -0.15) is 0 Å². The molecule has 0 aliphatic rings. The predicted octanol–water partition coefficient (Wildman–Crippen LogP) is 3.18. The molecule has 0 aliphatic carbocycles. The van der Waals surface area contributed by atoms with Crippen molar-refractivity contribution in [2.24, 2.45) is 5.92 Å². The lowest BCUT2D eigenvalue weighted by Gasteiger charge is -2.08. The van der Waals surface area contributed by atoms with Crippen LogP contribution in [0.4, 0.5) is 5.69 Å². The molecule has 0 unspecified atom stereocenters. The first-order valence-electron chi connectivity index (χ1n) is 8.37. The molecule has 0 fully saturated rings. The summed E-state index contributed by atoms with van der Waals surface area (Å²) >= 11 is 1.37. The Balaban J connectivity index is 1.82. The molecule has 140 valence electrons. The fraction of sp³-hybridized carbons (Fsp3) is 0.278. The minimum Gasteiger partial charge on any atom is -0.476 e. The number of carboxylic acids is 1. The van der Waals surface area contributed by atoms with Crippen LogP contribution in [0, 0.1) is 12.8 Å². The van der Waals surface area contributed by atoms with E-state index in [1.54, 1.807) is 24.3 Å². The third kappa shape index (κ3) is 4.37. The molecule has 0 saturated carbocycles. The summed E-state index contributed by atoms with van der Waals surface area (Å²) in [5, 5.41) is 20.1. The topological polar surface area (TPSA) is 110 Å². The maximum absolute atomic E-state index is 12.7. The summed E-state index contributed by atoms with van der Waals surface area (Å²) in [5.74, 6) is -0.959. The van der Waals surface area contributed by atoms with E-state index in [1.165, 1.54) is 22.2 Å². The molecule has 1 amide bonds. The number of hydrogen-bond acceptors (Lipinski definition) is 6. The Morgan fingerprint density at radius 3 is 2.78 bits per heavy atom. The van der Waals surface area contributed by atoms with Crippen LogP contribution in [0.15, 0.2) is 30.5 Å². The van der Waals surface area contributed by atoms with E-state index >= 15 is 0 Å². The number of rotatable bonds is 6. The first kappa shape index (κ1) is 18.7. The monoisotopic (exact) mass is 385 g/mol. The third-order valence-corrected chi connectivity index (χ3v) is 4.71. The summed E-state index contributed by atoms with van der Waals surface area (Å²) in [6.07, 6.45) is 2.06. The second-order valence-electron chi connectivity index (χ2n) is 6.46. The predicted molar refractivity (Wildman–Crippen MR) is 102 cm³/mol. The minimum absolute atomic E-state index is 0.150. The van der Waals surface area contributed by atoms with E-state index in [4.69, 9.17) is 5.11 Å². The first-order valence-corrected chi connectivity index (χ1v) is 9.19. The number of aromatic carboxylic acids is 1. The Kier molecular flexibility index (Phi) is 5.31. The summed E-state index contributed by atoms with van der Waals surface area (Å²) in [7, 11) is 0. The average Bonchev–Trinajstić information content (AvgIpc) is 3.21. The molecule has 0 bridgehead atoms. The van der Waals surface area contributed by atoms with Gasteiger partial charge in [-0.3, -0.25) is 4.79 Å². The molecule has 1 aromatic carbocycles. The second kappa shape index (κ2) is 7.67. The van der Waals surface area contributed by atoms with Crippen LogP contribution < -0.4 is 5.32 Å². The molecule has 0 saturated heterocycles. The smallest absolute Gasteiger partial charge is 0.358 e. The number of carbonyl (C=O) groups is 2. The highest BCUT2D eigenvalue weighted by molar-refractivity contribution is 7.13. The molecule has 8 nitrogen and oxygen atoms in total. The molecular formula is C18H19N5O3S. The van der Waals surface area contributed by atoms with E-state index in [9.17, 15) is 9.59 Å². The van der Waals surface area contributed by atoms with Crippen LogP contribution in [-0.4, -0.2) is 37.0 Å². The van der Waals surface area contributed by atoms with Gasteiger partial charge in [0.05, 0.1) is 22.6 Å². The lowest BCUT2D eigenvalue weighted by Crippen LogP contribution is -2.13. The normalized spacial score (nSPS) is 11.0. The van der Waals surface area contributed by atoms with Crippen LogP contribution in [0.25, 0.3) is 5.69 Å². The van der Waals surface area contributed by atoms with Crippen LogP contribution >= 0.6 is 11.3 Å². The molecule has 3 rings (SSSR count). The Bertz CT molecular complexity index is 993. The van der Waals surface area contributed by atoms with Gasteiger partial charge in [-0.25, -0.2) is 14.5 Å². The van der Waals surface area contributed by atoms with Gasteiger partial charge in [0.15, 0.2) is 5.69 Å². The minimum atomic E-state index is -1.15. The number of amides is 1. The number of carboxylic acid groups (broad SMARTS) is 1. The van der Waals surface area contributed by atoms with E-state index < -0.39 is 5.97 Å². The highest BCUT2D eigenvalue weighted by Gasteiger charge is 2.18. The van der Waals surface area contributed by atoms with Crippen molar-refractivity contribution in [2.45, 2.75) is 27.2 Å². The van der Waals surface area contributed by atoms with Gasteiger partial charge in [-0.15, -0.1) is 16.4 Å². The zero-order chi connectivity index (χ0) is 19.6. The fourth-order valence-corrected chi connectivity index (χ4v) is 3.42. The van der Waals surface area contributed by atoms with E-state index in [1.807, 2.05) is 6.92 Å². The molecule has 2 N–H and O–H groups in total. The van der Waals surface area contributed by atoms with Crippen LogP contribution in [0.3, 0.4) is 0 Å². The summed E-state index contributed by atoms with van der Waals surface area (Å²) in [6.45, 7) is 6.06. The van der Waals surface area contributed by atoms with Crippen LogP contribution in [-0.2, 0) is 6.42 Å². The van der Waals surface area contributed by atoms with Crippen LogP contribution in [0.1, 0.15) is 44.7 Å². The maximum Gasteiger partial charge on any atom is 0.358 e. The third-order valence-electron chi connectivity index (χ3n) is 3.69. The molecule has 2 heterocycles. The Hall–Kier alpha value is -3.07. The van der Waals surface area contributed by atoms with E-state index in [0.29, 0.717) is 22.2 Å². The van der Waals surface area contributed by atoms with Gasteiger partial charge in [0.1, 0.15) is 4.88 Å². The number of nitrogens with one attached hydrogen (secondary N) is 1. The first-order chi connectivity index (χ1) is 12.8. The van der Waals surface area contributed by atoms with Crippen molar-refractivity contribution in [1.82, 2.24) is 20.0 Å². The Morgan fingerprint density at radius 1 is 1.33 bits per heavy atom. The van der Waals surface area contributed by atoms with E-state index in [0.717, 1.165) is 17.1 Å². The lowest BCUT2D eigenvalue weighted by atomic mass is 10.1. The van der Waals surface area contributed by atoms with E-state index in [-0.39, 0.29) is 11.6 Å². The van der Waals surface area contributed by atoms with Crippen LogP contribution in [0.5, 0.6) is 0 Å². The molecule has 9 heteroatoms.